The van der Waals surface area contributed by atoms with Crippen molar-refractivity contribution in [1.82, 2.24) is 15.2 Å². The van der Waals surface area contributed by atoms with Crippen LogP contribution in [0.25, 0.3) is 0 Å². The molecule has 1 aromatic carbocycles. The van der Waals surface area contributed by atoms with Gasteiger partial charge in [-0.3, -0.25) is 14.6 Å². The van der Waals surface area contributed by atoms with Crippen LogP contribution in [0.2, 0.25) is 0 Å². The van der Waals surface area contributed by atoms with Crippen LogP contribution in [-0.2, 0) is 4.79 Å². The van der Waals surface area contributed by atoms with Crippen LogP contribution in [0.3, 0.4) is 0 Å². The molecule has 8 heteroatoms. The minimum Gasteiger partial charge on any atom is -0.270 e. The lowest BCUT2D eigenvalue weighted by Gasteiger charge is -2.31. The summed E-state index contributed by atoms with van der Waals surface area (Å²) in [6.07, 6.45) is 1.68. The average Bonchev–Trinajstić information content (AvgIpc) is 2.98. The zero-order valence-corrected chi connectivity index (χ0v) is 15.9. The minimum atomic E-state index is -0.675. The maximum Gasteiger partial charge on any atom is 0.414 e. The summed E-state index contributed by atoms with van der Waals surface area (Å²) in [4.78, 5) is 31.8. The quantitative estimate of drug-likeness (QED) is 0.375. The lowest BCUT2D eigenvalue weighted by atomic mass is 10.1. The van der Waals surface area contributed by atoms with Crippen molar-refractivity contribution in [1.29, 1.82) is 0 Å². The van der Waals surface area contributed by atoms with Gasteiger partial charge in [0.25, 0.3) is 5.91 Å². The molecular formula is C19H23N6O2+. The number of fused-ring (bicyclic) bond motifs is 1. The molecule has 1 N–H and O–H groups in total. The smallest absolute Gasteiger partial charge is 0.270 e. The van der Waals surface area contributed by atoms with Crippen molar-refractivity contribution in [2.45, 2.75) is 19.9 Å². The van der Waals surface area contributed by atoms with E-state index in [1.807, 2.05) is 38.1 Å². The Morgan fingerprint density at radius 3 is 2.59 bits per heavy atom. The number of rotatable bonds is 4. The molecule has 8 nitrogen and oxygen atoms in total. The maximum atomic E-state index is 12.7. The molecule has 1 atom stereocenters. The summed E-state index contributed by atoms with van der Waals surface area (Å²) in [5.74, 6) is 0.472. The predicted molar refractivity (Wildman–Crippen MR) is 104 cm³/mol. The summed E-state index contributed by atoms with van der Waals surface area (Å²) < 4.78 is 1.77. The van der Waals surface area contributed by atoms with Crippen LogP contribution in [0.1, 0.15) is 18.1 Å². The van der Waals surface area contributed by atoms with Gasteiger partial charge in [-0.05, 0) is 25.0 Å². The second kappa shape index (κ2) is 7.14. The highest BCUT2D eigenvalue weighted by atomic mass is 16.2. The SMILES string of the molecule is C=C(C)C[N+]1=C(N/N=C/c2ccc(C)cc2)N=C2C1C(=O)N(C)C(=O)N2C. The second-order valence-electron chi connectivity index (χ2n) is 6.80. The molecule has 140 valence electrons. The van der Waals surface area contributed by atoms with Crippen molar-refractivity contribution < 1.29 is 14.2 Å². The Morgan fingerprint density at radius 2 is 1.96 bits per heavy atom. The molecular weight excluding hydrogens is 344 g/mol. The number of amides is 3. The number of carbonyl (C=O) groups is 2. The van der Waals surface area contributed by atoms with Gasteiger partial charge in [-0.15, -0.1) is 5.10 Å². The molecule has 0 spiro atoms. The van der Waals surface area contributed by atoms with Gasteiger partial charge in [0.2, 0.25) is 11.9 Å². The van der Waals surface area contributed by atoms with Gasteiger partial charge in [0.15, 0.2) is 0 Å². The average molecular weight is 367 g/mol. The van der Waals surface area contributed by atoms with Crippen LogP contribution >= 0.6 is 0 Å². The van der Waals surface area contributed by atoms with Gasteiger partial charge in [-0.2, -0.15) is 5.43 Å². The van der Waals surface area contributed by atoms with Crippen molar-refractivity contribution in [3.8, 4) is 0 Å². The number of likely N-dealkylation sites (N-methyl/N-ethyl adjacent to an activating group) is 2. The van der Waals surface area contributed by atoms with Crippen molar-refractivity contribution in [3.63, 3.8) is 0 Å². The number of guanidine groups is 1. The van der Waals surface area contributed by atoms with E-state index in [4.69, 9.17) is 0 Å². The number of nitrogens with one attached hydrogen (secondary N) is 1. The Balaban J connectivity index is 1.90. The van der Waals surface area contributed by atoms with Crippen molar-refractivity contribution in [2.24, 2.45) is 10.1 Å². The first-order valence-electron chi connectivity index (χ1n) is 8.57. The van der Waals surface area contributed by atoms with E-state index in [9.17, 15) is 9.59 Å². The van der Waals surface area contributed by atoms with E-state index in [1.54, 1.807) is 17.8 Å². The Kier molecular flexibility index (Phi) is 4.89. The summed E-state index contributed by atoms with van der Waals surface area (Å²) >= 11 is 0. The van der Waals surface area contributed by atoms with Crippen LogP contribution in [0, 0.1) is 6.92 Å². The van der Waals surface area contributed by atoms with Crippen LogP contribution < -0.4 is 5.43 Å². The van der Waals surface area contributed by atoms with Gasteiger partial charge in [0.1, 0.15) is 0 Å². The topological polar surface area (TPSA) is 80.4 Å². The second-order valence-corrected chi connectivity index (χ2v) is 6.80. The first-order chi connectivity index (χ1) is 12.8. The van der Waals surface area contributed by atoms with Crippen LogP contribution in [-0.4, -0.2) is 71.0 Å². The molecule has 3 rings (SSSR count). The number of imide groups is 1. The van der Waals surface area contributed by atoms with Gasteiger partial charge >= 0.3 is 12.0 Å². The Labute approximate surface area is 158 Å². The normalized spacial score (nSPS) is 19.7. The number of hydrogen-bond acceptors (Lipinski definition) is 5. The third kappa shape index (κ3) is 3.51. The Morgan fingerprint density at radius 1 is 1.30 bits per heavy atom. The van der Waals surface area contributed by atoms with Crippen molar-refractivity contribution in [2.75, 3.05) is 20.6 Å². The third-order valence-corrected chi connectivity index (χ3v) is 4.43. The van der Waals surface area contributed by atoms with Crippen LogP contribution in [0.4, 0.5) is 4.79 Å². The fraction of sp³-hybridized carbons (Fsp3) is 0.316. The minimum absolute atomic E-state index is 0.322. The summed E-state index contributed by atoms with van der Waals surface area (Å²) in [5.41, 5.74) is 5.87. The monoisotopic (exact) mass is 367 g/mol. The Bertz CT molecular complexity index is 897. The molecule has 27 heavy (non-hydrogen) atoms. The van der Waals surface area contributed by atoms with E-state index in [0.717, 1.165) is 16.0 Å². The molecule has 2 aliphatic heterocycles. The molecule has 0 saturated carbocycles. The molecule has 2 aliphatic rings. The first kappa shape index (κ1) is 18.5. The lowest BCUT2D eigenvalue weighted by Crippen LogP contribution is -2.61. The number of carbonyl (C=O) groups excluding carboxylic acids is 2. The summed E-state index contributed by atoms with van der Waals surface area (Å²) in [5, 5.41) is 4.24. The van der Waals surface area contributed by atoms with Gasteiger partial charge in [0, 0.05) is 14.1 Å². The van der Waals surface area contributed by atoms with Crippen molar-refractivity contribution in [3.05, 3.63) is 47.5 Å². The summed E-state index contributed by atoms with van der Waals surface area (Å²) in [6.45, 7) is 8.24. The molecule has 0 aromatic heterocycles. The predicted octanol–water partition coefficient (Wildman–Crippen LogP) is 1.17. The molecule has 3 amide bonds. The molecule has 1 fully saturated rings. The van der Waals surface area contributed by atoms with E-state index in [1.165, 1.54) is 17.5 Å². The standard InChI is InChI=1S/C19H22N6O2/c1-12(2)11-25-15-16(23(4)19(27)24(5)17(15)26)21-18(25)22-20-10-14-8-6-13(3)7-9-14/h6-10,15H,1,11H2,2-5H3/p+1/b20-10+. The third-order valence-electron chi connectivity index (χ3n) is 4.43. The van der Waals surface area contributed by atoms with Gasteiger partial charge in [-0.1, -0.05) is 41.4 Å². The number of aliphatic imine (C=N–C) groups is 1. The molecule has 1 aromatic rings. The molecule has 0 bridgehead atoms. The molecule has 2 heterocycles. The van der Waals surface area contributed by atoms with E-state index < -0.39 is 12.1 Å². The fourth-order valence-electron chi connectivity index (χ4n) is 2.96. The number of benzene rings is 1. The lowest BCUT2D eigenvalue weighted by molar-refractivity contribution is -0.529. The van der Waals surface area contributed by atoms with Crippen LogP contribution in [0.5, 0.6) is 0 Å². The van der Waals surface area contributed by atoms with Crippen LogP contribution in [0.15, 0.2) is 46.5 Å². The summed E-state index contributed by atoms with van der Waals surface area (Å²) in [7, 11) is 3.08. The molecule has 0 radical (unpaired) electrons. The zero-order chi connectivity index (χ0) is 19.7. The van der Waals surface area contributed by atoms with E-state index in [0.29, 0.717) is 18.3 Å². The Hall–Kier alpha value is -3.29. The van der Waals surface area contributed by atoms with Gasteiger partial charge in [0.05, 0.1) is 12.8 Å². The number of urea groups is 1. The van der Waals surface area contributed by atoms with Crippen molar-refractivity contribution >= 4 is 29.9 Å². The maximum absolute atomic E-state index is 12.7. The van der Waals surface area contributed by atoms with E-state index >= 15 is 0 Å². The first-order valence-corrected chi connectivity index (χ1v) is 8.57. The summed E-state index contributed by atoms with van der Waals surface area (Å²) in [6, 6.07) is 6.84. The fourth-order valence-corrected chi connectivity index (χ4v) is 2.96. The molecule has 0 aliphatic carbocycles. The van der Waals surface area contributed by atoms with Gasteiger partial charge in [-0.25, -0.2) is 9.37 Å². The van der Waals surface area contributed by atoms with E-state index in [-0.39, 0.29) is 5.91 Å². The number of aryl methyl sites for hydroxylation is 1. The largest absolute Gasteiger partial charge is 0.414 e. The highest BCUT2D eigenvalue weighted by molar-refractivity contribution is 6.22. The number of amidine groups is 1. The van der Waals surface area contributed by atoms with E-state index in [2.05, 4.69) is 22.1 Å². The molecule has 1 unspecified atom stereocenters. The highest BCUT2D eigenvalue weighted by Gasteiger charge is 2.51. The number of hydrogen-bond donors (Lipinski definition) is 1. The van der Waals surface area contributed by atoms with Gasteiger partial charge < -0.3 is 0 Å². The number of hydrazone groups is 1. The number of nitrogens with zero attached hydrogens (tertiary/aromatic N) is 5. The molecule has 1 saturated heterocycles. The highest BCUT2D eigenvalue weighted by Crippen LogP contribution is 2.19. The zero-order valence-electron chi connectivity index (χ0n) is 15.9.